The number of amides is 1. The molecule has 2 aromatic carbocycles. The van der Waals surface area contributed by atoms with Gasteiger partial charge in [-0.15, -0.1) is 0 Å². The summed E-state index contributed by atoms with van der Waals surface area (Å²) >= 11 is 5.87. The van der Waals surface area contributed by atoms with Crippen LogP contribution in [-0.2, 0) is 4.74 Å². The number of carbonyl (C=O) groups is 2. The number of benzene rings is 2. The molecule has 0 aromatic heterocycles. The smallest absolute Gasteiger partial charge is 0.338 e. The van der Waals surface area contributed by atoms with Gasteiger partial charge in [-0.1, -0.05) is 23.7 Å². The number of non-ortho nitro benzene ring substituents is 1. The third-order valence-electron chi connectivity index (χ3n) is 4.05. The molecule has 0 spiro atoms. The minimum atomic E-state index is -0.754. The van der Waals surface area contributed by atoms with Gasteiger partial charge in [0, 0.05) is 29.8 Å². The number of ether oxygens (including phenoxy) is 1. The Morgan fingerprint density at radius 3 is 2.27 bits per heavy atom. The molecule has 0 saturated carbocycles. The van der Waals surface area contributed by atoms with Crippen LogP contribution in [0.3, 0.4) is 0 Å². The van der Waals surface area contributed by atoms with E-state index in [0.717, 1.165) is 24.8 Å². The Kier molecular flexibility index (Phi) is 5.94. The molecule has 8 heteroatoms. The molecular weight excluding hydrogens is 360 g/mol. The minimum absolute atomic E-state index is 0.0305. The number of halogens is 1. The van der Waals surface area contributed by atoms with Crippen LogP contribution in [0.4, 0.5) is 5.69 Å². The van der Waals surface area contributed by atoms with Crippen LogP contribution in [0.1, 0.15) is 39.2 Å². The Morgan fingerprint density at radius 1 is 1.15 bits per heavy atom. The fourth-order valence-electron chi connectivity index (χ4n) is 2.42. The first-order valence-corrected chi connectivity index (χ1v) is 8.02. The molecule has 26 heavy (non-hydrogen) atoms. The molecular formula is C18H17ClN2O5. The fourth-order valence-corrected chi connectivity index (χ4v) is 2.55. The third-order valence-corrected chi connectivity index (χ3v) is 4.30. The van der Waals surface area contributed by atoms with Gasteiger partial charge in [-0.05, 0) is 30.7 Å². The zero-order valence-electron chi connectivity index (χ0n) is 14.4. The van der Waals surface area contributed by atoms with Crippen molar-refractivity contribution >= 4 is 29.2 Å². The zero-order chi connectivity index (χ0) is 19.4. The van der Waals surface area contributed by atoms with Crippen LogP contribution in [-0.4, -0.2) is 35.9 Å². The van der Waals surface area contributed by atoms with Crippen molar-refractivity contribution in [1.29, 1.82) is 0 Å². The van der Waals surface area contributed by atoms with Gasteiger partial charge in [-0.3, -0.25) is 14.9 Å². The van der Waals surface area contributed by atoms with Crippen molar-refractivity contribution < 1.29 is 19.2 Å². The quantitative estimate of drug-likeness (QED) is 0.449. The van der Waals surface area contributed by atoms with Crippen molar-refractivity contribution in [2.75, 3.05) is 14.2 Å². The molecule has 2 aromatic rings. The molecule has 1 atom stereocenters. The summed E-state index contributed by atoms with van der Waals surface area (Å²) in [5.41, 5.74) is 0.466. The van der Waals surface area contributed by atoms with Crippen LogP contribution in [0.5, 0.6) is 0 Å². The summed E-state index contributed by atoms with van der Waals surface area (Å²) in [4.78, 5) is 36.4. The number of rotatable bonds is 5. The molecule has 0 fully saturated rings. The molecule has 2 rings (SSSR count). The van der Waals surface area contributed by atoms with Gasteiger partial charge in [-0.2, -0.15) is 0 Å². The molecule has 136 valence electrons. The highest BCUT2D eigenvalue weighted by Crippen LogP contribution is 2.25. The summed E-state index contributed by atoms with van der Waals surface area (Å²) in [5.74, 6) is -1.21. The molecule has 0 heterocycles. The molecule has 0 radical (unpaired) electrons. The van der Waals surface area contributed by atoms with E-state index in [0.29, 0.717) is 5.02 Å². The van der Waals surface area contributed by atoms with E-state index < -0.39 is 16.8 Å². The Balaban J connectivity index is 2.37. The van der Waals surface area contributed by atoms with Crippen LogP contribution < -0.4 is 0 Å². The standard InChI is InChI=1S/C18H17ClN2O5/c1-11(12-4-6-15(19)7-5-12)20(2)17(22)13-8-14(18(23)26-3)10-16(9-13)21(24)25/h4-11H,1-3H3/t11-/m0/s1. The van der Waals surface area contributed by atoms with Gasteiger partial charge in [0.05, 0.1) is 23.6 Å². The number of nitro groups is 1. The van der Waals surface area contributed by atoms with Crippen molar-refractivity contribution in [1.82, 2.24) is 4.90 Å². The first kappa shape index (κ1) is 19.4. The van der Waals surface area contributed by atoms with Gasteiger partial charge in [-0.25, -0.2) is 4.79 Å². The van der Waals surface area contributed by atoms with Crippen molar-refractivity contribution in [2.45, 2.75) is 13.0 Å². The normalized spacial score (nSPS) is 11.5. The van der Waals surface area contributed by atoms with E-state index in [4.69, 9.17) is 11.6 Å². The number of nitrogens with zero attached hydrogens (tertiary/aromatic N) is 2. The lowest BCUT2D eigenvalue weighted by molar-refractivity contribution is -0.384. The van der Waals surface area contributed by atoms with E-state index in [-0.39, 0.29) is 22.9 Å². The highest BCUT2D eigenvalue weighted by Gasteiger charge is 2.23. The highest BCUT2D eigenvalue weighted by atomic mass is 35.5. The van der Waals surface area contributed by atoms with Crippen LogP contribution in [0, 0.1) is 10.1 Å². The number of hydrogen-bond acceptors (Lipinski definition) is 5. The van der Waals surface area contributed by atoms with E-state index in [9.17, 15) is 19.7 Å². The van der Waals surface area contributed by atoms with E-state index in [1.807, 2.05) is 6.92 Å². The maximum Gasteiger partial charge on any atom is 0.338 e. The van der Waals surface area contributed by atoms with Crippen molar-refractivity contribution in [2.24, 2.45) is 0 Å². The summed E-state index contributed by atoms with van der Waals surface area (Å²) < 4.78 is 4.60. The van der Waals surface area contributed by atoms with Crippen LogP contribution in [0.2, 0.25) is 5.02 Å². The van der Waals surface area contributed by atoms with Crippen LogP contribution >= 0.6 is 11.6 Å². The fraction of sp³-hybridized carbons (Fsp3) is 0.222. The predicted molar refractivity (Wildman–Crippen MR) is 96.4 cm³/mol. The van der Waals surface area contributed by atoms with Crippen molar-refractivity contribution in [3.05, 3.63) is 74.3 Å². The molecule has 0 N–H and O–H groups in total. The average Bonchev–Trinajstić information content (AvgIpc) is 2.65. The minimum Gasteiger partial charge on any atom is -0.465 e. The summed E-state index contributed by atoms with van der Waals surface area (Å²) in [6.07, 6.45) is 0. The van der Waals surface area contributed by atoms with Crippen molar-refractivity contribution in [3.8, 4) is 0 Å². The Labute approximate surface area is 155 Å². The van der Waals surface area contributed by atoms with Gasteiger partial charge in [0.25, 0.3) is 11.6 Å². The Hall–Kier alpha value is -2.93. The van der Waals surface area contributed by atoms with Crippen LogP contribution in [0.15, 0.2) is 42.5 Å². The number of hydrogen-bond donors (Lipinski definition) is 0. The molecule has 0 bridgehead atoms. The lowest BCUT2D eigenvalue weighted by atomic mass is 10.0. The maximum atomic E-state index is 12.8. The second-order valence-electron chi connectivity index (χ2n) is 5.66. The number of nitro benzene ring substituents is 1. The number of carbonyl (C=O) groups excluding carboxylic acids is 2. The van der Waals surface area contributed by atoms with Gasteiger partial charge in [0.15, 0.2) is 0 Å². The summed E-state index contributed by atoms with van der Waals surface area (Å²) in [6, 6.07) is 10.2. The van der Waals surface area contributed by atoms with Gasteiger partial charge < -0.3 is 9.64 Å². The first-order chi connectivity index (χ1) is 12.2. The maximum absolute atomic E-state index is 12.8. The van der Waals surface area contributed by atoms with E-state index >= 15 is 0 Å². The largest absolute Gasteiger partial charge is 0.465 e. The monoisotopic (exact) mass is 376 g/mol. The number of methoxy groups -OCH3 is 1. The SMILES string of the molecule is COC(=O)c1cc(C(=O)N(C)[C@@H](C)c2ccc(Cl)cc2)cc([N+](=O)[O-])c1. The lowest BCUT2D eigenvalue weighted by Gasteiger charge is -2.25. The molecule has 0 aliphatic carbocycles. The van der Waals surface area contributed by atoms with Gasteiger partial charge in [0.1, 0.15) is 0 Å². The lowest BCUT2D eigenvalue weighted by Crippen LogP contribution is -2.30. The summed E-state index contributed by atoms with van der Waals surface area (Å²) in [6.45, 7) is 1.82. The Morgan fingerprint density at radius 2 is 1.73 bits per heavy atom. The molecule has 0 aliphatic rings. The Bertz CT molecular complexity index is 851. The third kappa shape index (κ3) is 4.18. The average molecular weight is 377 g/mol. The predicted octanol–water partition coefficient (Wildman–Crippen LogP) is 3.87. The summed E-state index contributed by atoms with van der Waals surface area (Å²) in [5, 5.41) is 11.7. The van der Waals surface area contributed by atoms with Crippen LogP contribution in [0.25, 0.3) is 0 Å². The number of esters is 1. The van der Waals surface area contributed by atoms with E-state index in [2.05, 4.69) is 4.74 Å². The molecule has 0 aliphatic heterocycles. The topological polar surface area (TPSA) is 89.8 Å². The highest BCUT2D eigenvalue weighted by molar-refractivity contribution is 6.30. The second-order valence-corrected chi connectivity index (χ2v) is 6.10. The molecule has 1 amide bonds. The van der Waals surface area contributed by atoms with Crippen molar-refractivity contribution in [3.63, 3.8) is 0 Å². The molecule has 0 saturated heterocycles. The van der Waals surface area contributed by atoms with E-state index in [1.165, 1.54) is 11.0 Å². The first-order valence-electron chi connectivity index (χ1n) is 7.65. The second kappa shape index (κ2) is 7.97. The zero-order valence-corrected chi connectivity index (χ0v) is 15.2. The molecule has 0 unspecified atom stereocenters. The van der Waals surface area contributed by atoms with E-state index in [1.54, 1.807) is 31.3 Å². The van der Waals surface area contributed by atoms with Gasteiger partial charge in [0.2, 0.25) is 0 Å². The summed E-state index contributed by atoms with van der Waals surface area (Å²) in [7, 11) is 2.75. The molecule has 7 nitrogen and oxygen atoms in total. The van der Waals surface area contributed by atoms with Gasteiger partial charge >= 0.3 is 5.97 Å².